The predicted octanol–water partition coefficient (Wildman–Crippen LogP) is -0.945. The normalized spacial score (nSPS) is 11.4. The lowest BCUT2D eigenvalue weighted by molar-refractivity contribution is -0.144. The summed E-state index contributed by atoms with van der Waals surface area (Å²) >= 11 is 0. The summed E-state index contributed by atoms with van der Waals surface area (Å²) < 4.78 is 0. The van der Waals surface area contributed by atoms with E-state index in [1.165, 1.54) is 0 Å². The number of allylic oxidation sites excluding steroid dienone is 2. The molecule has 0 atom stereocenters. The van der Waals surface area contributed by atoms with Crippen molar-refractivity contribution in [2.75, 3.05) is 0 Å². The third-order valence-corrected chi connectivity index (χ3v) is 1.06. The second kappa shape index (κ2) is 5.49. The first kappa shape index (κ1) is 11.8. The first-order chi connectivity index (χ1) is 6.49. The van der Waals surface area contributed by atoms with E-state index in [1.54, 1.807) is 0 Å². The second-order valence-corrected chi connectivity index (χ2v) is 1.99. The Balaban J connectivity index is 4.75. The van der Waals surface area contributed by atoms with Crippen LogP contribution in [0.2, 0.25) is 0 Å². The topological polar surface area (TPSA) is 127 Å². The molecule has 0 heterocycles. The van der Waals surface area contributed by atoms with Gasteiger partial charge >= 0.3 is 17.9 Å². The molecule has 0 saturated heterocycles. The fourth-order valence-electron chi connectivity index (χ4n) is 0.517. The molecule has 0 bridgehead atoms. The Bertz CT molecular complexity index is 316. The maximum atomic E-state index is 10.7. The molecule has 0 saturated carbocycles. The van der Waals surface area contributed by atoms with Gasteiger partial charge in [-0.25, -0.2) is 14.4 Å². The molecule has 0 amide bonds. The van der Waals surface area contributed by atoms with Crippen molar-refractivity contribution in [3.63, 3.8) is 0 Å². The van der Waals surface area contributed by atoms with Crippen LogP contribution in [0, 0.1) is 0 Å². The summed E-state index contributed by atoms with van der Waals surface area (Å²) in [6.07, 6.45) is 2.31. The quantitative estimate of drug-likeness (QED) is 0.176. The van der Waals surface area contributed by atoms with Crippen LogP contribution in [0.3, 0.4) is 0 Å². The molecule has 0 aliphatic heterocycles. The van der Waals surface area contributed by atoms with Crippen LogP contribution in [-0.2, 0) is 19.2 Å². The highest BCUT2D eigenvalue weighted by Crippen LogP contribution is 1.97. The molecule has 0 rings (SSSR count). The zero-order valence-electron chi connectivity index (χ0n) is 6.84. The summed E-state index contributed by atoms with van der Waals surface area (Å²) in [4.78, 5) is 34.7. The number of carbonyl (C=O) groups is 3. The minimum atomic E-state index is -1.56. The van der Waals surface area contributed by atoms with Crippen molar-refractivity contribution < 1.29 is 29.4 Å². The van der Waals surface area contributed by atoms with Gasteiger partial charge in [-0.3, -0.25) is 0 Å². The van der Waals surface area contributed by atoms with E-state index in [4.69, 9.17) is 10.2 Å². The lowest BCUT2D eigenvalue weighted by Crippen LogP contribution is -2.18. The number of carboxylic acid groups (broad SMARTS) is 2. The van der Waals surface area contributed by atoms with E-state index < -0.39 is 23.5 Å². The predicted molar refractivity (Wildman–Crippen MR) is 42.8 cm³/mol. The van der Waals surface area contributed by atoms with Crippen LogP contribution >= 0.6 is 0 Å². The molecule has 0 unspecified atom stereocenters. The third kappa shape index (κ3) is 4.02. The largest absolute Gasteiger partial charge is 0.478 e. The lowest BCUT2D eigenvalue weighted by atomic mass is 10.2. The zero-order valence-corrected chi connectivity index (χ0v) is 6.84. The molecule has 0 radical (unpaired) electrons. The van der Waals surface area contributed by atoms with Gasteiger partial charge in [0.05, 0.1) is 0 Å². The van der Waals surface area contributed by atoms with Crippen LogP contribution < -0.4 is 5.90 Å². The van der Waals surface area contributed by atoms with Crippen molar-refractivity contribution in [2.45, 2.75) is 0 Å². The molecular weight excluding hydrogens is 194 g/mol. The van der Waals surface area contributed by atoms with Crippen LogP contribution in [-0.4, -0.2) is 28.1 Å². The summed E-state index contributed by atoms with van der Waals surface area (Å²) in [7, 11) is 0. The summed E-state index contributed by atoms with van der Waals surface area (Å²) in [6, 6.07) is 0. The van der Waals surface area contributed by atoms with Crippen molar-refractivity contribution in [3.8, 4) is 0 Å². The van der Waals surface area contributed by atoms with Crippen LogP contribution in [0.5, 0.6) is 0 Å². The lowest BCUT2D eigenvalue weighted by Gasteiger charge is -1.95. The number of nitrogens with two attached hydrogens (primary N) is 1. The Hall–Kier alpha value is -2.15. The molecule has 0 fully saturated rings. The molecule has 4 N–H and O–H groups in total. The van der Waals surface area contributed by atoms with Gasteiger partial charge in [0.15, 0.2) is 0 Å². The van der Waals surface area contributed by atoms with Gasteiger partial charge in [0.2, 0.25) is 0 Å². The molecule has 7 heteroatoms. The highest BCUT2D eigenvalue weighted by Gasteiger charge is 2.17. The van der Waals surface area contributed by atoms with Crippen LogP contribution in [0.15, 0.2) is 23.8 Å². The fourth-order valence-corrected chi connectivity index (χ4v) is 0.517. The summed E-state index contributed by atoms with van der Waals surface area (Å²) in [6.45, 7) is 0. The van der Waals surface area contributed by atoms with Gasteiger partial charge in [-0.1, -0.05) is 6.08 Å². The number of hydrogen-bond donors (Lipinski definition) is 3. The SMILES string of the molecule is NOC(=O)C(=CC=CC(=O)O)C(=O)O. The van der Waals surface area contributed by atoms with Crippen LogP contribution in [0.4, 0.5) is 0 Å². The van der Waals surface area contributed by atoms with E-state index in [0.717, 1.165) is 12.2 Å². The first-order valence-electron chi connectivity index (χ1n) is 3.24. The highest BCUT2D eigenvalue weighted by molar-refractivity contribution is 6.13. The third-order valence-electron chi connectivity index (χ3n) is 1.06. The molecule has 0 aromatic rings. The second-order valence-electron chi connectivity index (χ2n) is 1.99. The molecule has 0 spiro atoms. The highest BCUT2D eigenvalue weighted by atomic mass is 16.7. The number of hydrogen-bond acceptors (Lipinski definition) is 5. The average molecular weight is 201 g/mol. The molecule has 76 valence electrons. The van der Waals surface area contributed by atoms with Gasteiger partial charge < -0.3 is 15.1 Å². The van der Waals surface area contributed by atoms with Crippen molar-refractivity contribution in [3.05, 3.63) is 23.8 Å². The van der Waals surface area contributed by atoms with Gasteiger partial charge in [-0.05, 0) is 6.08 Å². The first-order valence-corrected chi connectivity index (χ1v) is 3.24. The Morgan fingerprint density at radius 1 is 1.21 bits per heavy atom. The van der Waals surface area contributed by atoms with Crippen LogP contribution in [0.1, 0.15) is 0 Å². The smallest absolute Gasteiger partial charge is 0.364 e. The minimum absolute atomic E-state index is 0.659. The zero-order chi connectivity index (χ0) is 11.1. The number of aliphatic carboxylic acids is 2. The summed E-state index contributed by atoms with van der Waals surface area (Å²) in [5.41, 5.74) is -0.759. The number of carbonyl (C=O) groups excluding carboxylic acids is 1. The molecular formula is C7H7NO6. The van der Waals surface area contributed by atoms with E-state index in [2.05, 4.69) is 10.7 Å². The Morgan fingerprint density at radius 2 is 1.79 bits per heavy atom. The summed E-state index contributed by atoms with van der Waals surface area (Å²) in [5, 5.41) is 16.6. The molecule has 7 nitrogen and oxygen atoms in total. The molecule has 0 aromatic heterocycles. The Labute approximate surface area is 78.0 Å². The molecule has 0 aromatic carbocycles. The Kier molecular flexibility index (Phi) is 4.65. The van der Waals surface area contributed by atoms with E-state index in [1.807, 2.05) is 0 Å². The molecule has 0 aliphatic rings. The maximum Gasteiger partial charge on any atom is 0.364 e. The van der Waals surface area contributed by atoms with Crippen molar-refractivity contribution in [1.29, 1.82) is 0 Å². The number of rotatable bonds is 4. The molecule has 14 heavy (non-hydrogen) atoms. The Morgan fingerprint density at radius 3 is 2.14 bits per heavy atom. The van der Waals surface area contributed by atoms with E-state index in [0.29, 0.717) is 6.08 Å². The van der Waals surface area contributed by atoms with Gasteiger partial charge in [-0.15, -0.1) is 0 Å². The van der Waals surface area contributed by atoms with Gasteiger partial charge in [0, 0.05) is 6.08 Å². The number of carboxylic acids is 2. The average Bonchev–Trinajstić information content (AvgIpc) is 2.10. The summed E-state index contributed by atoms with van der Waals surface area (Å²) in [5.74, 6) is 0.360. The maximum absolute atomic E-state index is 10.7. The van der Waals surface area contributed by atoms with Gasteiger partial charge in [-0.2, -0.15) is 5.90 Å². The minimum Gasteiger partial charge on any atom is -0.478 e. The van der Waals surface area contributed by atoms with Gasteiger partial charge in [0.25, 0.3) is 0 Å². The molecule has 0 aliphatic carbocycles. The fraction of sp³-hybridized carbons (Fsp3) is 0. The van der Waals surface area contributed by atoms with E-state index in [9.17, 15) is 14.4 Å². The van der Waals surface area contributed by atoms with Crippen molar-refractivity contribution in [2.24, 2.45) is 5.90 Å². The van der Waals surface area contributed by atoms with Crippen molar-refractivity contribution in [1.82, 2.24) is 0 Å². The standard InChI is InChI=1S/C7H7NO6/c8-14-7(13)4(6(11)12)2-1-3-5(9)10/h1-3H,8H2,(H,9,10)(H,11,12). The van der Waals surface area contributed by atoms with Crippen LogP contribution in [0.25, 0.3) is 0 Å². The van der Waals surface area contributed by atoms with E-state index >= 15 is 0 Å². The van der Waals surface area contributed by atoms with Crippen molar-refractivity contribution >= 4 is 17.9 Å². The van der Waals surface area contributed by atoms with Gasteiger partial charge in [0.1, 0.15) is 5.57 Å². The van der Waals surface area contributed by atoms with E-state index in [-0.39, 0.29) is 0 Å². The monoisotopic (exact) mass is 201 g/mol.